The van der Waals surface area contributed by atoms with E-state index in [-0.39, 0.29) is 0 Å². The Hall–Kier alpha value is -0.0800. The van der Waals surface area contributed by atoms with Gasteiger partial charge < -0.3 is 4.74 Å². The summed E-state index contributed by atoms with van der Waals surface area (Å²) >= 11 is 0. The van der Waals surface area contributed by atoms with Crippen LogP contribution in [0.5, 0.6) is 0 Å². The lowest BCUT2D eigenvalue weighted by molar-refractivity contribution is -0.0666. The lowest BCUT2D eigenvalue weighted by Crippen LogP contribution is -2.51. The van der Waals surface area contributed by atoms with Crippen molar-refractivity contribution in [3.63, 3.8) is 0 Å². The number of rotatable bonds is 1. The Labute approximate surface area is 74.9 Å². The maximum absolute atomic E-state index is 5.74. The monoisotopic (exact) mass is 169 g/mol. The lowest BCUT2D eigenvalue weighted by Gasteiger charge is -2.40. The molecule has 70 valence electrons. The van der Waals surface area contributed by atoms with Crippen molar-refractivity contribution in [2.24, 2.45) is 0 Å². The van der Waals surface area contributed by atoms with Gasteiger partial charge in [-0.3, -0.25) is 4.90 Å². The Kier molecular flexibility index (Phi) is 2.37. The second-order valence-electron chi connectivity index (χ2n) is 4.24. The van der Waals surface area contributed by atoms with E-state index in [0.29, 0.717) is 12.1 Å². The fraction of sp³-hybridized carbons (Fsp3) is 1.00. The molecule has 1 saturated heterocycles. The second-order valence-corrected chi connectivity index (χ2v) is 4.24. The molecule has 1 aliphatic carbocycles. The first-order chi connectivity index (χ1) is 5.79. The third-order valence-corrected chi connectivity index (χ3v) is 3.19. The Balaban J connectivity index is 2.03. The van der Waals surface area contributed by atoms with Crippen molar-refractivity contribution in [3.05, 3.63) is 0 Å². The van der Waals surface area contributed by atoms with Crippen LogP contribution in [0.25, 0.3) is 0 Å². The van der Waals surface area contributed by atoms with Crippen molar-refractivity contribution in [2.75, 3.05) is 13.2 Å². The van der Waals surface area contributed by atoms with Crippen molar-refractivity contribution in [3.8, 4) is 0 Å². The highest BCUT2D eigenvalue weighted by atomic mass is 16.5. The second kappa shape index (κ2) is 3.35. The SMILES string of the molecule is CC(C)N1CCOC2CCCC21. The minimum absolute atomic E-state index is 0.557. The highest BCUT2D eigenvalue weighted by Crippen LogP contribution is 2.30. The summed E-state index contributed by atoms with van der Waals surface area (Å²) in [6.07, 6.45) is 4.55. The molecular weight excluding hydrogens is 150 g/mol. The molecule has 0 aromatic carbocycles. The smallest absolute Gasteiger partial charge is 0.0731 e. The van der Waals surface area contributed by atoms with Crippen LogP contribution >= 0.6 is 0 Å². The van der Waals surface area contributed by atoms with Gasteiger partial charge in [0.2, 0.25) is 0 Å². The number of fused-ring (bicyclic) bond motifs is 1. The molecule has 0 amide bonds. The molecule has 1 saturated carbocycles. The maximum Gasteiger partial charge on any atom is 0.0731 e. The quantitative estimate of drug-likeness (QED) is 0.592. The van der Waals surface area contributed by atoms with Crippen LogP contribution in [0, 0.1) is 0 Å². The van der Waals surface area contributed by atoms with E-state index in [4.69, 9.17) is 4.74 Å². The van der Waals surface area contributed by atoms with Crippen LogP contribution in [-0.4, -0.2) is 36.2 Å². The Bertz CT molecular complexity index is 158. The molecule has 0 aromatic rings. The van der Waals surface area contributed by atoms with Crippen molar-refractivity contribution < 1.29 is 4.74 Å². The van der Waals surface area contributed by atoms with E-state index in [1.165, 1.54) is 19.3 Å². The minimum atomic E-state index is 0.557. The Morgan fingerprint density at radius 3 is 2.92 bits per heavy atom. The summed E-state index contributed by atoms with van der Waals surface area (Å²) in [5.41, 5.74) is 0. The molecule has 1 heterocycles. The van der Waals surface area contributed by atoms with Crippen LogP contribution in [0.2, 0.25) is 0 Å². The van der Waals surface area contributed by atoms with Gasteiger partial charge in [0.05, 0.1) is 12.7 Å². The van der Waals surface area contributed by atoms with Crippen LogP contribution < -0.4 is 0 Å². The molecule has 2 atom stereocenters. The standard InChI is InChI=1S/C10H19NO/c1-8(2)11-6-7-12-10-5-3-4-9(10)11/h8-10H,3-7H2,1-2H3. The van der Waals surface area contributed by atoms with Gasteiger partial charge in [0.15, 0.2) is 0 Å². The number of ether oxygens (including phenoxy) is 1. The van der Waals surface area contributed by atoms with Gasteiger partial charge in [0.1, 0.15) is 0 Å². The summed E-state index contributed by atoms with van der Waals surface area (Å²) in [7, 11) is 0. The number of morpholine rings is 1. The zero-order valence-corrected chi connectivity index (χ0v) is 8.12. The van der Waals surface area contributed by atoms with Gasteiger partial charge in [0, 0.05) is 18.6 Å². The molecule has 0 spiro atoms. The van der Waals surface area contributed by atoms with Crippen molar-refractivity contribution in [1.82, 2.24) is 4.90 Å². The summed E-state index contributed by atoms with van der Waals surface area (Å²) in [4.78, 5) is 2.61. The van der Waals surface area contributed by atoms with Crippen molar-refractivity contribution in [1.29, 1.82) is 0 Å². The minimum Gasteiger partial charge on any atom is -0.375 e. The predicted octanol–water partition coefficient (Wildman–Crippen LogP) is 1.65. The molecule has 12 heavy (non-hydrogen) atoms. The average Bonchev–Trinajstić information content (AvgIpc) is 2.49. The molecule has 0 aromatic heterocycles. The van der Waals surface area contributed by atoms with Gasteiger partial charge >= 0.3 is 0 Å². The highest BCUT2D eigenvalue weighted by Gasteiger charge is 2.36. The summed E-state index contributed by atoms with van der Waals surface area (Å²) < 4.78 is 5.74. The summed E-state index contributed by atoms with van der Waals surface area (Å²) in [6, 6.07) is 1.43. The lowest BCUT2D eigenvalue weighted by atomic mass is 10.1. The van der Waals surface area contributed by atoms with E-state index >= 15 is 0 Å². The van der Waals surface area contributed by atoms with Gasteiger partial charge in [0.25, 0.3) is 0 Å². The first kappa shape index (κ1) is 8.52. The molecule has 2 unspecified atom stereocenters. The van der Waals surface area contributed by atoms with Gasteiger partial charge in [-0.1, -0.05) is 0 Å². The molecule has 2 fully saturated rings. The highest BCUT2D eigenvalue weighted by molar-refractivity contribution is 4.90. The number of nitrogens with zero attached hydrogens (tertiary/aromatic N) is 1. The summed E-state index contributed by atoms with van der Waals surface area (Å²) in [6.45, 7) is 6.67. The van der Waals surface area contributed by atoms with E-state index in [1.54, 1.807) is 0 Å². The average molecular weight is 169 g/mol. The molecule has 0 N–H and O–H groups in total. The molecule has 0 bridgehead atoms. The largest absolute Gasteiger partial charge is 0.375 e. The van der Waals surface area contributed by atoms with Crippen LogP contribution in [0.1, 0.15) is 33.1 Å². The Morgan fingerprint density at radius 2 is 2.17 bits per heavy atom. The van der Waals surface area contributed by atoms with Gasteiger partial charge in [-0.05, 0) is 33.1 Å². The van der Waals surface area contributed by atoms with E-state index in [1.807, 2.05) is 0 Å². The summed E-state index contributed by atoms with van der Waals surface area (Å²) in [5.74, 6) is 0. The normalized spacial score (nSPS) is 37.2. The molecule has 1 aliphatic heterocycles. The fourth-order valence-electron chi connectivity index (χ4n) is 2.60. The zero-order chi connectivity index (χ0) is 8.55. The predicted molar refractivity (Wildman–Crippen MR) is 49.2 cm³/mol. The van der Waals surface area contributed by atoms with Crippen LogP contribution in [0.15, 0.2) is 0 Å². The van der Waals surface area contributed by atoms with Crippen LogP contribution in [0.3, 0.4) is 0 Å². The van der Waals surface area contributed by atoms with Crippen molar-refractivity contribution in [2.45, 2.75) is 51.3 Å². The first-order valence-electron chi connectivity index (χ1n) is 5.16. The van der Waals surface area contributed by atoms with E-state index in [2.05, 4.69) is 18.7 Å². The molecule has 0 radical (unpaired) electrons. The molecule has 2 nitrogen and oxygen atoms in total. The first-order valence-corrected chi connectivity index (χ1v) is 5.16. The molecule has 2 aliphatic rings. The van der Waals surface area contributed by atoms with E-state index in [0.717, 1.165) is 19.2 Å². The topological polar surface area (TPSA) is 12.5 Å². The number of hydrogen-bond acceptors (Lipinski definition) is 2. The van der Waals surface area contributed by atoms with Gasteiger partial charge in [-0.2, -0.15) is 0 Å². The summed E-state index contributed by atoms with van der Waals surface area (Å²) in [5, 5.41) is 0. The van der Waals surface area contributed by atoms with Crippen LogP contribution in [-0.2, 0) is 4.74 Å². The van der Waals surface area contributed by atoms with Crippen molar-refractivity contribution >= 4 is 0 Å². The van der Waals surface area contributed by atoms with Gasteiger partial charge in [-0.15, -0.1) is 0 Å². The van der Waals surface area contributed by atoms with Crippen LogP contribution in [0.4, 0.5) is 0 Å². The van der Waals surface area contributed by atoms with E-state index in [9.17, 15) is 0 Å². The zero-order valence-electron chi connectivity index (χ0n) is 8.12. The molecular formula is C10H19NO. The fourth-order valence-corrected chi connectivity index (χ4v) is 2.60. The van der Waals surface area contributed by atoms with E-state index < -0.39 is 0 Å². The van der Waals surface area contributed by atoms with Gasteiger partial charge in [-0.25, -0.2) is 0 Å². The molecule has 2 heteroatoms. The third kappa shape index (κ3) is 1.38. The molecule has 2 rings (SSSR count). The number of hydrogen-bond donors (Lipinski definition) is 0. The Morgan fingerprint density at radius 1 is 1.33 bits per heavy atom. The third-order valence-electron chi connectivity index (χ3n) is 3.19. The maximum atomic E-state index is 5.74.